The highest BCUT2D eigenvalue weighted by molar-refractivity contribution is 7.91. The van der Waals surface area contributed by atoms with E-state index < -0.39 is 10.0 Å². The molecule has 6 nitrogen and oxygen atoms in total. The lowest BCUT2D eigenvalue weighted by Gasteiger charge is -2.20. The summed E-state index contributed by atoms with van der Waals surface area (Å²) in [5.41, 5.74) is 0. The monoisotopic (exact) mass is 323 g/mol. The number of thiophene rings is 1. The minimum absolute atomic E-state index is 0.0110. The van der Waals surface area contributed by atoms with Crippen molar-refractivity contribution in [3.8, 4) is 0 Å². The van der Waals surface area contributed by atoms with E-state index in [9.17, 15) is 8.42 Å². The molecule has 0 aliphatic rings. The van der Waals surface area contributed by atoms with Gasteiger partial charge in [-0.3, -0.25) is 0 Å². The molecule has 1 rings (SSSR count). The lowest BCUT2D eigenvalue weighted by Crippen LogP contribution is -2.36. The zero-order chi connectivity index (χ0) is 15.0. The fourth-order valence-corrected chi connectivity index (χ4v) is 4.51. The lowest BCUT2D eigenvalue weighted by atomic mass is 10.4. The summed E-state index contributed by atoms with van der Waals surface area (Å²) in [5.74, 6) is 0. The minimum Gasteiger partial charge on any atom is -0.396 e. The molecule has 0 radical (unpaired) electrons. The van der Waals surface area contributed by atoms with Gasteiger partial charge in [-0.2, -0.15) is 4.31 Å². The van der Waals surface area contributed by atoms with Crippen LogP contribution in [-0.2, 0) is 25.9 Å². The normalized spacial score (nSPS) is 12.2. The van der Waals surface area contributed by atoms with Crippen molar-refractivity contribution in [2.45, 2.75) is 10.6 Å². The number of rotatable bonds is 10. The van der Waals surface area contributed by atoms with Crippen LogP contribution in [-0.4, -0.2) is 65.0 Å². The van der Waals surface area contributed by atoms with Crippen LogP contribution < -0.4 is 0 Å². The average Bonchev–Trinajstić information content (AvgIpc) is 2.88. The molecule has 0 unspecified atom stereocenters. The molecule has 1 aromatic rings. The second-order valence-electron chi connectivity index (χ2n) is 4.08. The SMILES string of the molecule is COCCN(CCOC)S(=O)(=O)c1ccc(CCO)s1. The molecule has 0 bridgehead atoms. The van der Waals surface area contributed by atoms with Crippen molar-refractivity contribution >= 4 is 21.4 Å². The number of sulfonamides is 1. The smallest absolute Gasteiger partial charge is 0.252 e. The maximum atomic E-state index is 12.5. The molecule has 116 valence electrons. The highest BCUT2D eigenvalue weighted by atomic mass is 32.2. The van der Waals surface area contributed by atoms with Gasteiger partial charge in [-0.25, -0.2) is 8.42 Å². The van der Waals surface area contributed by atoms with Gasteiger partial charge in [0.2, 0.25) is 0 Å². The first kappa shape index (κ1) is 17.5. The summed E-state index contributed by atoms with van der Waals surface area (Å²) in [6, 6.07) is 3.32. The molecule has 0 aliphatic heterocycles. The van der Waals surface area contributed by atoms with Gasteiger partial charge in [0.15, 0.2) is 0 Å². The zero-order valence-corrected chi connectivity index (χ0v) is 13.4. The van der Waals surface area contributed by atoms with Crippen molar-refractivity contribution in [2.24, 2.45) is 0 Å². The van der Waals surface area contributed by atoms with Gasteiger partial charge >= 0.3 is 0 Å². The van der Waals surface area contributed by atoms with Gasteiger partial charge in [-0.15, -0.1) is 11.3 Å². The van der Waals surface area contributed by atoms with Gasteiger partial charge in [0.1, 0.15) is 4.21 Å². The zero-order valence-electron chi connectivity index (χ0n) is 11.7. The Kier molecular flexibility index (Phi) is 7.63. The molecule has 0 spiro atoms. The maximum absolute atomic E-state index is 12.5. The molecule has 0 atom stereocenters. The van der Waals surface area contributed by atoms with Gasteiger partial charge in [-0.05, 0) is 12.1 Å². The predicted octanol–water partition coefficient (Wildman–Crippen LogP) is 0.566. The molecule has 0 aromatic carbocycles. The van der Waals surface area contributed by atoms with E-state index in [4.69, 9.17) is 14.6 Å². The first-order chi connectivity index (χ1) is 9.56. The third-order valence-corrected chi connectivity index (χ3v) is 6.19. The molecular formula is C12H21NO5S2. The Morgan fingerprint density at radius 2 is 1.80 bits per heavy atom. The Morgan fingerprint density at radius 1 is 1.20 bits per heavy atom. The average molecular weight is 323 g/mol. The summed E-state index contributed by atoms with van der Waals surface area (Å²) < 4.78 is 36.6. The van der Waals surface area contributed by atoms with Crippen molar-refractivity contribution in [1.82, 2.24) is 4.31 Å². The number of aliphatic hydroxyl groups is 1. The van der Waals surface area contributed by atoms with Gasteiger partial charge < -0.3 is 14.6 Å². The summed E-state index contributed by atoms with van der Waals surface area (Å²) >= 11 is 1.19. The maximum Gasteiger partial charge on any atom is 0.252 e. The van der Waals surface area contributed by atoms with Crippen LogP contribution in [0.4, 0.5) is 0 Å². The molecule has 1 aromatic heterocycles. The van der Waals surface area contributed by atoms with Gasteiger partial charge in [0, 0.05) is 45.2 Å². The number of aliphatic hydroxyl groups excluding tert-OH is 1. The van der Waals surface area contributed by atoms with Crippen molar-refractivity contribution < 1.29 is 23.0 Å². The second-order valence-corrected chi connectivity index (χ2v) is 7.42. The third-order valence-electron chi connectivity index (χ3n) is 2.68. The van der Waals surface area contributed by atoms with Crippen LogP contribution in [0.1, 0.15) is 4.88 Å². The van der Waals surface area contributed by atoms with Gasteiger partial charge in [0.25, 0.3) is 10.0 Å². The van der Waals surface area contributed by atoms with Crippen LogP contribution in [0.25, 0.3) is 0 Å². The van der Waals surface area contributed by atoms with E-state index in [-0.39, 0.29) is 23.9 Å². The molecule has 0 fully saturated rings. The topological polar surface area (TPSA) is 76.1 Å². The molecule has 8 heteroatoms. The number of ether oxygens (including phenoxy) is 2. The van der Waals surface area contributed by atoms with E-state index in [2.05, 4.69) is 0 Å². The third kappa shape index (κ3) is 4.80. The van der Waals surface area contributed by atoms with E-state index >= 15 is 0 Å². The van der Waals surface area contributed by atoms with E-state index in [0.717, 1.165) is 4.88 Å². The Bertz CT molecular complexity index is 478. The van der Waals surface area contributed by atoms with E-state index in [1.54, 1.807) is 12.1 Å². The largest absolute Gasteiger partial charge is 0.396 e. The first-order valence-electron chi connectivity index (χ1n) is 6.24. The molecule has 0 aliphatic carbocycles. The van der Waals surface area contributed by atoms with Gasteiger partial charge in [0.05, 0.1) is 13.2 Å². The molecule has 20 heavy (non-hydrogen) atoms. The summed E-state index contributed by atoms with van der Waals surface area (Å²) in [5, 5.41) is 8.89. The molecule has 0 amide bonds. The Balaban J connectivity index is 2.88. The molecule has 0 saturated heterocycles. The summed E-state index contributed by atoms with van der Waals surface area (Å²) in [4.78, 5) is 0.851. The van der Waals surface area contributed by atoms with Crippen LogP contribution in [0.2, 0.25) is 0 Å². The first-order valence-corrected chi connectivity index (χ1v) is 8.49. The summed E-state index contributed by atoms with van der Waals surface area (Å²) in [6.45, 7) is 1.25. The van der Waals surface area contributed by atoms with Crippen molar-refractivity contribution in [3.63, 3.8) is 0 Å². The van der Waals surface area contributed by atoms with Crippen LogP contribution in [0, 0.1) is 0 Å². The van der Waals surface area contributed by atoms with Crippen LogP contribution >= 0.6 is 11.3 Å². The number of methoxy groups -OCH3 is 2. The summed E-state index contributed by atoms with van der Waals surface area (Å²) in [7, 11) is -0.466. The molecule has 0 saturated carbocycles. The second kappa shape index (κ2) is 8.71. The van der Waals surface area contributed by atoms with Crippen LogP contribution in [0.15, 0.2) is 16.3 Å². The number of hydrogen-bond acceptors (Lipinski definition) is 6. The minimum atomic E-state index is -3.53. The van der Waals surface area contributed by atoms with Crippen LogP contribution in [0.5, 0.6) is 0 Å². The van der Waals surface area contributed by atoms with E-state index in [1.807, 2.05) is 0 Å². The molecular weight excluding hydrogens is 302 g/mol. The lowest BCUT2D eigenvalue weighted by molar-refractivity contribution is 0.150. The number of nitrogens with zero attached hydrogens (tertiary/aromatic N) is 1. The number of hydrogen-bond donors (Lipinski definition) is 1. The van der Waals surface area contributed by atoms with E-state index in [0.29, 0.717) is 19.6 Å². The molecule has 1 heterocycles. The van der Waals surface area contributed by atoms with Crippen LogP contribution in [0.3, 0.4) is 0 Å². The quantitative estimate of drug-likeness (QED) is 0.681. The van der Waals surface area contributed by atoms with Crippen molar-refractivity contribution in [1.29, 1.82) is 0 Å². The Morgan fingerprint density at radius 3 is 2.30 bits per heavy atom. The Labute approximate surface area is 124 Å². The highest BCUT2D eigenvalue weighted by Crippen LogP contribution is 2.25. The van der Waals surface area contributed by atoms with E-state index in [1.165, 1.54) is 29.9 Å². The fourth-order valence-electron chi connectivity index (χ4n) is 1.61. The standard InChI is InChI=1S/C12H21NO5S2/c1-17-9-6-13(7-10-18-2)20(15,16)12-4-3-11(19-12)5-8-14/h3-4,14H,5-10H2,1-2H3. The fraction of sp³-hybridized carbons (Fsp3) is 0.667. The van der Waals surface area contributed by atoms with Crippen molar-refractivity contribution in [3.05, 3.63) is 17.0 Å². The highest BCUT2D eigenvalue weighted by Gasteiger charge is 2.25. The summed E-state index contributed by atoms with van der Waals surface area (Å²) in [6.07, 6.45) is 0.469. The molecule has 1 N–H and O–H groups in total. The van der Waals surface area contributed by atoms with Crippen molar-refractivity contribution in [2.75, 3.05) is 47.1 Å². The van der Waals surface area contributed by atoms with Gasteiger partial charge in [-0.1, -0.05) is 0 Å². The Hall–Kier alpha value is -0.510. The predicted molar refractivity (Wildman–Crippen MR) is 77.6 cm³/mol.